The van der Waals surface area contributed by atoms with E-state index in [-0.39, 0.29) is 24.6 Å². The van der Waals surface area contributed by atoms with Gasteiger partial charge in [-0.15, -0.1) is 23.1 Å². The van der Waals surface area contributed by atoms with Gasteiger partial charge in [0, 0.05) is 18.0 Å². The molecule has 2 aromatic rings. The number of amides is 1. The molecule has 7 nitrogen and oxygen atoms in total. The summed E-state index contributed by atoms with van der Waals surface area (Å²) in [5.74, 6) is -0.713. The Balaban J connectivity index is 2.00. The van der Waals surface area contributed by atoms with Crippen molar-refractivity contribution in [3.8, 4) is 0 Å². The van der Waals surface area contributed by atoms with Crippen LogP contribution < -0.4 is 14.8 Å². The zero-order chi connectivity index (χ0) is 21.5. The van der Waals surface area contributed by atoms with Gasteiger partial charge < -0.3 is 14.4 Å². The van der Waals surface area contributed by atoms with E-state index in [0.29, 0.717) is 35.5 Å². The Morgan fingerprint density at radius 1 is 1.23 bits per heavy atom. The predicted molar refractivity (Wildman–Crippen MR) is 118 cm³/mol. The molecule has 0 atom stereocenters. The van der Waals surface area contributed by atoms with Crippen LogP contribution in [0.4, 0.5) is 0 Å². The summed E-state index contributed by atoms with van der Waals surface area (Å²) >= 11 is 2.81. The molecule has 0 bridgehead atoms. The van der Waals surface area contributed by atoms with Crippen molar-refractivity contribution in [1.82, 2.24) is 9.47 Å². The van der Waals surface area contributed by atoms with Crippen molar-refractivity contribution in [2.24, 2.45) is 0 Å². The number of carbonyl (C=O) groups is 2. The molecule has 0 aliphatic carbocycles. The van der Waals surface area contributed by atoms with Crippen LogP contribution in [-0.4, -0.2) is 60.5 Å². The summed E-state index contributed by atoms with van der Waals surface area (Å²) in [6.45, 7) is 3.78. The molecular formula is C21H24N2O5S2. The smallest absolute Gasteiger partial charge is 0.333 e. The van der Waals surface area contributed by atoms with Gasteiger partial charge in [-0.3, -0.25) is 14.2 Å². The molecule has 0 saturated carbocycles. The molecule has 0 N–H and O–H groups in total. The van der Waals surface area contributed by atoms with Gasteiger partial charge in [0.05, 0.1) is 30.4 Å². The third-order valence-corrected chi connectivity index (χ3v) is 6.34. The van der Waals surface area contributed by atoms with E-state index >= 15 is 0 Å². The number of benzene rings is 1. The molecule has 3 rings (SSSR count). The minimum Gasteiger partial charge on any atom is -0.463 e. The van der Waals surface area contributed by atoms with Crippen molar-refractivity contribution >= 4 is 47.1 Å². The molecule has 1 amide bonds. The SMILES string of the molecule is CCOC(=O)C=c1sc(=Cc2ccc(SC)cc2)c(=O)n1CC(=O)N1CCOCC1. The highest BCUT2D eigenvalue weighted by atomic mass is 32.2. The fourth-order valence-electron chi connectivity index (χ4n) is 2.98. The van der Waals surface area contributed by atoms with Crippen molar-refractivity contribution in [3.63, 3.8) is 0 Å². The highest BCUT2D eigenvalue weighted by molar-refractivity contribution is 7.98. The van der Waals surface area contributed by atoms with Crippen molar-refractivity contribution in [2.75, 3.05) is 39.2 Å². The molecule has 160 valence electrons. The Hall–Kier alpha value is -2.36. The number of rotatable bonds is 6. The Bertz CT molecular complexity index is 1070. The summed E-state index contributed by atoms with van der Waals surface area (Å²) in [6, 6.07) is 7.83. The van der Waals surface area contributed by atoms with Crippen LogP contribution in [0.2, 0.25) is 0 Å². The van der Waals surface area contributed by atoms with Gasteiger partial charge >= 0.3 is 5.97 Å². The van der Waals surface area contributed by atoms with E-state index in [9.17, 15) is 14.4 Å². The van der Waals surface area contributed by atoms with Crippen molar-refractivity contribution in [1.29, 1.82) is 0 Å². The molecule has 1 aliphatic heterocycles. The maximum Gasteiger partial charge on any atom is 0.333 e. The minimum absolute atomic E-state index is 0.125. The van der Waals surface area contributed by atoms with Crippen LogP contribution in [0.3, 0.4) is 0 Å². The van der Waals surface area contributed by atoms with E-state index in [1.165, 1.54) is 22.0 Å². The summed E-state index contributed by atoms with van der Waals surface area (Å²) in [7, 11) is 0. The van der Waals surface area contributed by atoms with Gasteiger partial charge in [-0.25, -0.2) is 4.79 Å². The van der Waals surface area contributed by atoms with Gasteiger partial charge in [0.15, 0.2) is 0 Å². The van der Waals surface area contributed by atoms with Crippen LogP contribution in [0.1, 0.15) is 12.5 Å². The lowest BCUT2D eigenvalue weighted by molar-refractivity contribution is -0.136. The summed E-state index contributed by atoms with van der Waals surface area (Å²) < 4.78 is 12.5. The van der Waals surface area contributed by atoms with Gasteiger partial charge in [0.2, 0.25) is 5.91 Å². The van der Waals surface area contributed by atoms with Gasteiger partial charge in [0.25, 0.3) is 5.56 Å². The molecule has 30 heavy (non-hydrogen) atoms. The molecule has 0 unspecified atom stereocenters. The van der Waals surface area contributed by atoms with Crippen LogP contribution in [0.5, 0.6) is 0 Å². The van der Waals surface area contributed by atoms with E-state index in [1.807, 2.05) is 30.5 Å². The van der Waals surface area contributed by atoms with Crippen LogP contribution in [0.15, 0.2) is 34.0 Å². The average molecular weight is 449 g/mol. The average Bonchev–Trinajstić information content (AvgIpc) is 3.03. The van der Waals surface area contributed by atoms with Gasteiger partial charge in [-0.05, 0) is 37.0 Å². The molecule has 0 radical (unpaired) electrons. The first-order valence-electron chi connectivity index (χ1n) is 9.61. The highest BCUT2D eigenvalue weighted by Crippen LogP contribution is 2.14. The number of ether oxygens (including phenoxy) is 2. The highest BCUT2D eigenvalue weighted by Gasteiger charge is 2.19. The maximum absolute atomic E-state index is 13.0. The van der Waals surface area contributed by atoms with E-state index in [4.69, 9.17) is 9.47 Å². The largest absolute Gasteiger partial charge is 0.463 e. The first-order valence-corrected chi connectivity index (χ1v) is 11.7. The monoisotopic (exact) mass is 448 g/mol. The number of morpholine rings is 1. The van der Waals surface area contributed by atoms with E-state index in [0.717, 1.165) is 10.5 Å². The summed E-state index contributed by atoms with van der Waals surface area (Å²) in [4.78, 5) is 40.5. The first kappa shape index (κ1) is 22.3. The molecule has 0 spiro atoms. The second-order valence-corrected chi connectivity index (χ2v) is 8.44. The molecule has 9 heteroatoms. The molecule has 1 aromatic heterocycles. The zero-order valence-corrected chi connectivity index (χ0v) is 18.6. The van der Waals surface area contributed by atoms with Crippen LogP contribution in [0, 0.1) is 0 Å². The molecule has 2 heterocycles. The van der Waals surface area contributed by atoms with E-state index < -0.39 is 5.97 Å². The third kappa shape index (κ3) is 5.62. The van der Waals surface area contributed by atoms with E-state index in [2.05, 4.69) is 0 Å². The summed E-state index contributed by atoms with van der Waals surface area (Å²) in [5, 5.41) is 0. The Morgan fingerprint density at radius 3 is 2.57 bits per heavy atom. The minimum atomic E-state index is -0.540. The van der Waals surface area contributed by atoms with Gasteiger partial charge in [-0.2, -0.15) is 0 Å². The Labute approximate surface area is 182 Å². The van der Waals surface area contributed by atoms with Crippen LogP contribution in [-0.2, 0) is 25.6 Å². The van der Waals surface area contributed by atoms with Crippen molar-refractivity contribution in [3.05, 3.63) is 49.4 Å². The number of hydrogen-bond donors (Lipinski definition) is 0. The lowest BCUT2D eigenvalue weighted by Gasteiger charge is -2.26. The van der Waals surface area contributed by atoms with Crippen molar-refractivity contribution < 1.29 is 19.1 Å². The van der Waals surface area contributed by atoms with E-state index in [1.54, 1.807) is 29.7 Å². The number of thioether (sulfide) groups is 1. The summed E-state index contributed by atoms with van der Waals surface area (Å²) in [5.41, 5.74) is 0.576. The van der Waals surface area contributed by atoms with Gasteiger partial charge in [-0.1, -0.05) is 12.1 Å². The zero-order valence-electron chi connectivity index (χ0n) is 17.0. The van der Waals surface area contributed by atoms with Gasteiger partial charge in [0.1, 0.15) is 11.2 Å². The normalized spacial score (nSPS) is 15.5. The number of thiazole rings is 1. The standard InChI is InChI=1S/C21H24N2O5S2/c1-3-28-20(25)13-19-23(14-18(24)22-8-10-27-11-9-22)21(26)17(30-19)12-15-4-6-16(29-2)7-5-15/h4-7,12-13H,3,8-11,14H2,1-2H3. The second kappa shape index (κ2) is 10.6. The van der Waals surface area contributed by atoms with Crippen LogP contribution >= 0.6 is 23.1 Å². The Morgan fingerprint density at radius 2 is 1.93 bits per heavy atom. The molecule has 1 fully saturated rings. The third-order valence-electron chi connectivity index (χ3n) is 4.54. The number of esters is 1. The molecule has 1 aromatic carbocycles. The molecule has 1 aliphatic rings. The summed E-state index contributed by atoms with van der Waals surface area (Å²) in [6.07, 6.45) is 5.05. The van der Waals surface area contributed by atoms with Crippen LogP contribution in [0.25, 0.3) is 12.2 Å². The number of hydrogen-bond acceptors (Lipinski definition) is 7. The lowest BCUT2D eigenvalue weighted by atomic mass is 10.2. The Kier molecular flexibility index (Phi) is 7.89. The molecule has 1 saturated heterocycles. The number of aromatic nitrogens is 1. The quantitative estimate of drug-likeness (QED) is 0.477. The fourth-order valence-corrected chi connectivity index (χ4v) is 4.42. The molecular weight excluding hydrogens is 424 g/mol. The number of nitrogens with zero attached hydrogens (tertiary/aromatic N) is 2. The lowest BCUT2D eigenvalue weighted by Crippen LogP contribution is -2.45. The fraction of sp³-hybridized carbons (Fsp3) is 0.381. The maximum atomic E-state index is 13.0. The second-order valence-electron chi connectivity index (χ2n) is 6.50. The van der Waals surface area contributed by atoms with Crippen molar-refractivity contribution in [2.45, 2.75) is 18.4 Å². The predicted octanol–water partition coefficient (Wildman–Crippen LogP) is 0.663. The number of carbonyl (C=O) groups excluding carboxylic acids is 2. The topological polar surface area (TPSA) is 77.8 Å². The first-order chi connectivity index (χ1) is 14.5.